The van der Waals surface area contributed by atoms with Crippen molar-refractivity contribution in [3.8, 4) is 0 Å². The van der Waals surface area contributed by atoms with Crippen molar-refractivity contribution in [1.29, 1.82) is 0 Å². The molecule has 5 heteroatoms. The second kappa shape index (κ2) is 9.28. The zero-order valence-corrected chi connectivity index (χ0v) is 16.6. The molecule has 0 spiro atoms. The number of anilines is 1. The van der Waals surface area contributed by atoms with E-state index in [2.05, 4.69) is 45.4 Å². The summed E-state index contributed by atoms with van der Waals surface area (Å²) in [6.07, 6.45) is 7.43. The number of carbonyl (C=O) groups is 1. The maximum absolute atomic E-state index is 12.6. The van der Waals surface area contributed by atoms with E-state index in [9.17, 15) is 4.79 Å². The number of hydrogen-bond donors (Lipinski definition) is 1. The van der Waals surface area contributed by atoms with Crippen molar-refractivity contribution < 1.29 is 9.21 Å². The van der Waals surface area contributed by atoms with Crippen LogP contribution in [0.15, 0.2) is 53.1 Å². The summed E-state index contributed by atoms with van der Waals surface area (Å²) in [7, 11) is 0. The molecule has 1 amide bonds. The van der Waals surface area contributed by atoms with Gasteiger partial charge in [0.1, 0.15) is 5.76 Å². The summed E-state index contributed by atoms with van der Waals surface area (Å²) in [4.78, 5) is 17.5. The fraction of sp³-hybridized carbons (Fsp3) is 0.522. The highest BCUT2D eigenvalue weighted by molar-refractivity contribution is 5.78. The van der Waals surface area contributed by atoms with Gasteiger partial charge in [-0.3, -0.25) is 9.69 Å². The van der Waals surface area contributed by atoms with Gasteiger partial charge in [-0.25, -0.2) is 0 Å². The molecule has 150 valence electrons. The third kappa shape index (κ3) is 4.58. The Kier molecular flexibility index (Phi) is 6.32. The normalized spacial score (nSPS) is 20.1. The lowest BCUT2D eigenvalue weighted by Gasteiger charge is -2.39. The van der Waals surface area contributed by atoms with E-state index in [0.717, 1.165) is 44.8 Å². The van der Waals surface area contributed by atoms with Gasteiger partial charge in [0.2, 0.25) is 5.91 Å². The molecule has 1 aliphatic heterocycles. The fourth-order valence-electron chi connectivity index (χ4n) is 4.53. The Labute approximate surface area is 167 Å². The van der Waals surface area contributed by atoms with Gasteiger partial charge in [0, 0.05) is 44.3 Å². The van der Waals surface area contributed by atoms with Gasteiger partial charge in [-0.2, -0.15) is 0 Å². The monoisotopic (exact) mass is 381 g/mol. The van der Waals surface area contributed by atoms with Crippen molar-refractivity contribution in [3.63, 3.8) is 0 Å². The Morgan fingerprint density at radius 1 is 1.00 bits per heavy atom. The number of furan rings is 1. The van der Waals surface area contributed by atoms with E-state index in [0.29, 0.717) is 6.54 Å². The molecular weight excluding hydrogens is 350 g/mol. The third-order valence-electron chi connectivity index (χ3n) is 6.19. The van der Waals surface area contributed by atoms with Gasteiger partial charge < -0.3 is 14.6 Å². The smallest absolute Gasteiger partial charge is 0.223 e. The summed E-state index contributed by atoms with van der Waals surface area (Å²) >= 11 is 0. The maximum atomic E-state index is 12.6. The van der Waals surface area contributed by atoms with Crippen LogP contribution in [0.5, 0.6) is 0 Å². The molecule has 0 unspecified atom stereocenters. The SMILES string of the molecule is O=C(NC[C@H](c1ccco1)N1CCN(c2ccccc2)CC1)C1CCCCC1. The molecule has 1 aromatic carbocycles. The van der Waals surface area contributed by atoms with Crippen molar-refractivity contribution in [2.45, 2.75) is 38.1 Å². The molecule has 5 nitrogen and oxygen atoms in total. The van der Waals surface area contributed by atoms with Gasteiger partial charge in [-0.1, -0.05) is 37.5 Å². The molecular formula is C23H31N3O2. The summed E-state index contributed by atoms with van der Waals surface area (Å²) in [6.45, 7) is 4.50. The predicted octanol–water partition coefficient (Wildman–Crippen LogP) is 3.84. The predicted molar refractivity (Wildman–Crippen MR) is 111 cm³/mol. The van der Waals surface area contributed by atoms with Crippen molar-refractivity contribution in [2.24, 2.45) is 5.92 Å². The van der Waals surface area contributed by atoms with Crippen LogP contribution in [0.2, 0.25) is 0 Å². The van der Waals surface area contributed by atoms with Crippen LogP contribution in [0.4, 0.5) is 5.69 Å². The van der Waals surface area contributed by atoms with Crippen LogP contribution in [0.1, 0.15) is 43.9 Å². The first-order valence-electron chi connectivity index (χ1n) is 10.7. The van der Waals surface area contributed by atoms with E-state index in [1.807, 2.05) is 12.1 Å². The number of carbonyl (C=O) groups excluding carboxylic acids is 1. The second-order valence-corrected chi connectivity index (χ2v) is 7.97. The number of para-hydroxylation sites is 1. The number of amides is 1. The highest BCUT2D eigenvalue weighted by Gasteiger charge is 2.28. The number of benzene rings is 1. The zero-order valence-electron chi connectivity index (χ0n) is 16.6. The van der Waals surface area contributed by atoms with E-state index < -0.39 is 0 Å². The molecule has 0 bridgehead atoms. The summed E-state index contributed by atoms with van der Waals surface area (Å²) < 4.78 is 5.73. The van der Waals surface area contributed by atoms with Crippen molar-refractivity contribution >= 4 is 11.6 Å². The van der Waals surface area contributed by atoms with E-state index in [4.69, 9.17) is 4.42 Å². The van der Waals surface area contributed by atoms with Gasteiger partial charge >= 0.3 is 0 Å². The number of rotatable bonds is 6. The van der Waals surface area contributed by atoms with E-state index in [1.54, 1.807) is 6.26 Å². The quantitative estimate of drug-likeness (QED) is 0.826. The van der Waals surface area contributed by atoms with Crippen LogP contribution in [0.25, 0.3) is 0 Å². The lowest BCUT2D eigenvalue weighted by atomic mass is 9.88. The minimum Gasteiger partial charge on any atom is -0.468 e. The highest BCUT2D eigenvalue weighted by Crippen LogP contribution is 2.26. The topological polar surface area (TPSA) is 48.7 Å². The van der Waals surface area contributed by atoms with E-state index in [1.165, 1.54) is 24.9 Å². The summed E-state index contributed by atoms with van der Waals surface area (Å²) in [5.41, 5.74) is 1.28. The summed E-state index contributed by atoms with van der Waals surface area (Å²) in [5, 5.41) is 3.23. The average molecular weight is 382 g/mol. The van der Waals surface area contributed by atoms with Crippen LogP contribution < -0.4 is 10.2 Å². The van der Waals surface area contributed by atoms with Gasteiger partial charge in [0.15, 0.2) is 0 Å². The lowest BCUT2D eigenvalue weighted by molar-refractivity contribution is -0.126. The highest BCUT2D eigenvalue weighted by atomic mass is 16.3. The molecule has 4 rings (SSSR count). The van der Waals surface area contributed by atoms with E-state index >= 15 is 0 Å². The second-order valence-electron chi connectivity index (χ2n) is 7.97. The molecule has 1 N–H and O–H groups in total. The summed E-state index contributed by atoms with van der Waals surface area (Å²) in [6, 6.07) is 14.6. The Morgan fingerprint density at radius 3 is 2.43 bits per heavy atom. The van der Waals surface area contributed by atoms with Crippen molar-refractivity contribution in [2.75, 3.05) is 37.6 Å². The lowest BCUT2D eigenvalue weighted by Crippen LogP contribution is -2.50. The molecule has 1 atom stereocenters. The molecule has 1 saturated carbocycles. The Bertz CT molecular complexity index is 718. The van der Waals surface area contributed by atoms with Gasteiger partial charge in [-0.15, -0.1) is 0 Å². The number of nitrogens with one attached hydrogen (secondary N) is 1. The Balaban J connectivity index is 1.36. The molecule has 0 radical (unpaired) electrons. The molecule has 1 saturated heterocycles. The number of piperazine rings is 1. The van der Waals surface area contributed by atoms with E-state index in [-0.39, 0.29) is 17.9 Å². The van der Waals surface area contributed by atoms with Crippen molar-refractivity contribution in [1.82, 2.24) is 10.2 Å². The van der Waals surface area contributed by atoms with Crippen LogP contribution in [0.3, 0.4) is 0 Å². The van der Waals surface area contributed by atoms with Gasteiger partial charge in [-0.05, 0) is 37.1 Å². The Morgan fingerprint density at radius 2 is 1.75 bits per heavy atom. The van der Waals surface area contributed by atoms with Crippen LogP contribution in [0, 0.1) is 5.92 Å². The van der Waals surface area contributed by atoms with Crippen LogP contribution in [-0.4, -0.2) is 43.5 Å². The maximum Gasteiger partial charge on any atom is 0.223 e. The van der Waals surface area contributed by atoms with Gasteiger partial charge in [0.25, 0.3) is 0 Å². The standard InChI is InChI=1S/C23H31N3O2/c27-23(19-8-3-1-4-9-19)24-18-21(22-12-7-17-28-22)26-15-13-25(14-16-26)20-10-5-2-6-11-20/h2,5-7,10-12,17,19,21H,1,3-4,8-9,13-16,18H2,(H,24,27)/t21-/m1/s1. The first-order valence-corrected chi connectivity index (χ1v) is 10.7. The Hall–Kier alpha value is -2.27. The molecule has 2 aromatic rings. The molecule has 2 heterocycles. The fourth-order valence-corrected chi connectivity index (χ4v) is 4.53. The number of hydrogen-bond acceptors (Lipinski definition) is 4. The molecule has 2 aliphatic rings. The molecule has 28 heavy (non-hydrogen) atoms. The summed E-state index contributed by atoms with van der Waals surface area (Å²) in [5.74, 6) is 1.36. The number of nitrogens with zero attached hydrogens (tertiary/aromatic N) is 2. The first kappa shape index (κ1) is 19.1. The van der Waals surface area contributed by atoms with Crippen LogP contribution in [-0.2, 0) is 4.79 Å². The minimum absolute atomic E-state index is 0.0977. The van der Waals surface area contributed by atoms with Crippen LogP contribution >= 0.6 is 0 Å². The average Bonchev–Trinajstić information content (AvgIpc) is 3.30. The third-order valence-corrected chi connectivity index (χ3v) is 6.19. The molecule has 1 aliphatic carbocycles. The van der Waals surface area contributed by atoms with Gasteiger partial charge in [0.05, 0.1) is 12.3 Å². The van der Waals surface area contributed by atoms with Crippen molar-refractivity contribution in [3.05, 3.63) is 54.5 Å². The first-order chi connectivity index (χ1) is 13.8. The molecule has 1 aromatic heterocycles. The zero-order chi connectivity index (χ0) is 19.2. The molecule has 2 fully saturated rings. The largest absolute Gasteiger partial charge is 0.468 e. The minimum atomic E-state index is 0.0977.